The zero-order chi connectivity index (χ0) is 21.1. The van der Waals surface area contributed by atoms with Crippen molar-refractivity contribution in [3.8, 4) is 17.2 Å². The molecule has 0 unspecified atom stereocenters. The minimum Gasteiger partial charge on any atom is -0.507 e. The highest BCUT2D eigenvalue weighted by Crippen LogP contribution is 2.34. The second kappa shape index (κ2) is 8.22. The first-order chi connectivity index (χ1) is 13.8. The molecule has 0 aliphatic carbocycles. The molecule has 2 amide bonds. The Morgan fingerprint density at radius 3 is 2.24 bits per heavy atom. The summed E-state index contributed by atoms with van der Waals surface area (Å²) in [5, 5.41) is 21.1. The second-order valence-corrected chi connectivity index (χ2v) is 6.98. The summed E-state index contributed by atoms with van der Waals surface area (Å²) in [4.78, 5) is 36.4. The van der Waals surface area contributed by atoms with E-state index in [9.17, 15) is 19.5 Å². The van der Waals surface area contributed by atoms with E-state index in [2.05, 4.69) is 5.32 Å². The van der Waals surface area contributed by atoms with Crippen molar-refractivity contribution < 1.29 is 29.3 Å². The Balaban J connectivity index is 1.84. The number of aryl methyl sites for hydroxylation is 2. The minimum atomic E-state index is -1.57. The van der Waals surface area contributed by atoms with E-state index >= 15 is 0 Å². The van der Waals surface area contributed by atoms with Gasteiger partial charge in [-0.3, -0.25) is 9.59 Å². The summed E-state index contributed by atoms with van der Waals surface area (Å²) in [6.07, 6.45) is 1.90. The molecule has 3 N–H and O–H groups in total. The Labute approximate surface area is 167 Å². The lowest BCUT2D eigenvalue weighted by Gasteiger charge is -2.18. The Morgan fingerprint density at radius 2 is 1.66 bits per heavy atom. The van der Waals surface area contributed by atoms with Crippen LogP contribution in [-0.4, -0.2) is 46.0 Å². The monoisotopic (exact) mass is 398 g/mol. The van der Waals surface area contributed by atoms with Gasteiger partial charge in [-0.15, -0.1) is 0 Å². The number of amides is 2. The number of hydrogen-bond acceptors (Lipinski definition) is 5. The number of hydrogen-bond donors (Lipinski definition) is 3. The minimum absolute atomic E-state index is 0.102. The number of phenolic OH excluding ortho intramolecular Hbond substituents is 1. The molecule has 1 aliphatic rings. The molecule has 0 atom stereocenters. The topological polar surface area (TPSA) is 116 Å². The highest BCUT2D eigenvalue weighted by atomic mass is 16.5. The predicted octanol–water partition coefficient (Wildman–Crippen LogP) is 3.06. The summed E-state index contributed by atoms with van der Waals surface area (Å²) in [6.45, 7) is 4.86. The first kappa shape index (κ1) is 20.2. The molecule has 0 saturated carbocycles. The third kappa shape index (κ3) is 4.48. The van der Waals surface area contributed by atoms with Gasteiger partial charge in [0.25, 0.3) is 5.91 Å². The van der Waals surface area contributed by atoms with E-state index in [1.165, 1.54) is 12.1 Å². The number of likely N-dealkylation sites (tertiary alicyclic amines) is 1. The first-order valence-corrected chi connectivity index (χ1v) is 9.22. The Morgan fingerprint density at radius 1 is 1.03 bits per heavy atom. The van der Waals surface area contributed by atoms with Crippen molar-refractivity contribution in [3.63, 3.8) is 0 Å². The van der Waals surface area contributed by atoms with Gasteiger partial charge in [-0.1, -0.05) is 0 Å². The van der Waals surface area contributed by atoms with E-state index in [0.29, 0.717) is 41.4 Å². The Kier molecular flexibility index (Phi) is 5.72. The quantitative estimate of drug-likeness (QED) is 0.682. The van der Waals surface area contributed by atoms with Gasteiger partial charge in [0, 0.05) is 18.8 Å². The van der Waals surface area contributed by atoms with Gasteiger partial charge < -0.3 is 25.2 Å². The molecule has 29 heavy (non-hydrogen) atoms. The van der Waals surface area contributed by atoms with Gasteiger partial charge in [0.1, 0.15) is 17.2 Å². The fourth-order valence-electron chi connectivity index (χ4n) is 3.33. The highest BCUT2D eigenvalue weighted by Gasteiger charge is 2.23. The van der Waals surface area contributed by atoms with E-state index in [1.54, 1.807) is 36.9 Å². The molecule has 2 aromatic rings. The van der Waals surface area contributed by atoms with Gasteiger partial charge in [0.2, 0.25) is 0 Å². The van der Waals surface area contributed by atoms with Crippen molar-refractivity contribution in [1.29, 1.82) is 0 Å². The number of rotatable bonds is 4. The molecule has 0 spiro atoms. The van der Waals surface area contributed by atoms with Crippen molar-refractivity contribution in [2.24, 2.45) is 0 Å². The van der Waals surface area contributed by atoms with Crippen molar-refractivity contribution in [1.82, 2.24) is 4.90 Å². The molecule has 0 bridgehead atoms. The van der Waals surface area contributed by atoms with Crippen LogP contribution in [0.25, 0.3) is 0 Å². The lowest BCUT2D eigenvalue weighted by Crippen LogP contribution is -2.27. The molecular weight excluding hydrogens is 376 g/mol. The maximum absolute atomic E-state index is 12.6. The largest absolute Gasteiger partial charge is 0.507 e. The van der Waals surface area contributed by atoms with Gasteiger partial charge in [0.05, 0.1) is 5.56 Å². The van der Waals surface area contributed by atoms with E-state index in [-0.39, 0.29) is 17.2 Å². The molecule has 0 radical (unpaired) electrons. The van der Waals surface area contributed by atoms with Crippen LogP contribution in [0.4, 0.5) is 5.69 Å². The number of carbonyl (C=O) groups is 3. The molecule has 1 fully saturated rings. The standard InChI is InChI=1S/C21H22N2O6/c1-12-9-14(22-19(25)21(27)28)10-13(2)18(12)29-15-5-6-17(24)16(11-15)20(26)23-7-3-4-8-23/h5-6,9-11,24H,3-4,7-8H2,1-2H3,(H,22,25)(H,27,28). The SMILES string of the molecule is Cc1cc(NC(=O)C(=O)O)cc(C)c1Oc1ccc(O)c(C(=O)N2CCCC2)c1. The lowest BCUT2D eigenvalue weighted by atomic mass is 10.1. The van der Waals surface area contributed by atoms with Crippen LogP contribution in [0.15, 0.2) is 30.3 Å². The summed E-state index contributed by atoms with van der Waals surface area (Å²) in [6, 6.07) is 7.69. The third-order valence-corrected chi connectivity index (χ3v) is 4.72. The number of aromatic hydroxyl groups is 1. The molecule has 1 saturated heterocycles. The normalized spacial score (nSPS) is 13.2. The van der Waals surface area contributed by atoms with Gasteiger partial charge in [0.15, 0.2) is 0 Å². The third-order valence-electron chi connectivity index (χ3n) is 4.72. The van der Waals surface area contributed by atoms with Crippen LogP contribution in [0.3, 0.4) is 0 Å². The molecular formula is C21H22N2O6. The number of carbonyl (C=O) groups excluding carboxylic acids is 2. The van der Waals surface area contributed by atoms with Gasteiger partial charge in [-0.2, -0.15) is 0 Å². The zero-order valence-electron chi connectivity index (χ0n) is 16.2. The van der Waals surface area contributed by atoms with Crippen LogP contribution >= 0.6 is 0 Å². The van der Waals surface area contributed by atoms with Crippen molar-refractivity contribution >= 4 is 23.5 Å². The van der Waals surface area contributed by atoms with Gasteiger partial charge >= 0.3 is 11.9 Å². The number of nitrogens with zero attached hydrogens (tertiary/aromatic N) is 1. The first-order valence-electron chi connectivity index (χ1n) is 9.22. The average molecular weight is 398 g/mol. The molecule has 2 aromatic carbocycles. The summed E-state index contributed by atoms with van der Waals surface area (Å²) in [5.74, 6) is -2.12. The number of anilines is 1. The fourth-order valence-corrected chi connectivity index (χ4v) is 3.33. The predicted molar refractivity (Wildman–Crippen MR) is 105 cm³/mol. The van der Waals surface area contributed by atoms with Gasteiger partial charge in [-0.25, -0.2) is 4.79 Å². The van der Waals surface area contributed by atoms with Crippen LogP contribution in [0.1, 0.15) is 34.3 Å². The summed E-state index contributed by atoms with van der Waals surface area (Å²) in [5.41, 5.74) is 1.87. The van der Waals surface area contributed by atoms with Crippen LogP contribution in [-0.2, 0) is 9.59 Å². The number of carboxylic acid groups (broad SMARTS) is 1. The molecule has 1 heterocycles. The van der Waals surface area contributed by atoms with Crippen LogP contribution in [0, 0.1) is 13.8 Å². The van der Waals surface area contributed by atoms with E-state index in [0.717, 1.165) is 12.8 Å². The van der Waals surface area contributed by atoms with Crippen LogP contribution < -0.4 is 10.1 Å². The second-order valence-electron chi connectivity index (χ2n) is 6.98. The van der Waals surface area contributed by atoms with E-state index in [1.807, 2.05) is 0 Å². The molecule has 152 valence electrons. The van der Waals surface area contributed by atoms with E-state index in [4.69, 9.17) is 9.84 Å². The number of ether oxygens (including phenoxy) is 1. The van der Waals surface area contributed by atoms with E-state index < -0.39 is 11.9 Å². The Bertz CT molecular complexity index is 956. The number of aliphatic carboxylic acids is 1. The highest BCUT2D eigenvalue weighted by molar-refractivity contribution is 6.36. The molecule has 3 rings (SSSR count). The fraction of sp³-hybridized carbons (Fsp3) is 0.286. The molecule has 8 heteroatoms. The zero-order valence-corrected chi connectivity index (χ0v) is 16.2. The van der Waals surface area contributed by atoms with Crippen molar-refractivity contribution in [2.45, 2.75) is 26.7 Å². The number of carboxylic acids is 1. The number of benzene rings is 2. The average Bonchev–Trinajstić information content (AvgIpc) is 3.20. The smallest absolute Gasteiger partial charge is 0.394 e. The maximum Gasteiger partial charge on any atom is 0.394 e. The maximum atomic E-state index is 12.6. The van der Waals surface area contributed by atoms with Gasteiger partial charge in [-0.05, 0) is 68.1 Å². The Hall–Kier alpha value is -3.55. The summed E-state index contributed by atoms with van der Waals surface area (Å²) >= 11 is 0. The lowest BCUT2D eigenvalue weighted by molar-refractivity contribution is -0.147. The summed E-state index contributed by atoms with van der Waals surface area (Å²) < 4.78 is 5.94. The number of nitrogens with one attached hydrogen (secondary N) is 1. The van der Waals surface area contributed by atoms with Crippen LogP contribution in [0.2, 0.25) is 0 Å². The summed E-state index contributed by atoms with van der Waals surface area (Å²) in [7, 11) is 0. The molecule has 8 nitrogen and oxygen atoms in total. The van der Waals surface area contributed by atoms with Crippen molar-refractivity contribution in [3.05, 3.63) is 47.0 Å². The van der Waals surface area contributed by atoms with Crippen LogP contribution in [0.5, 0.6) is 17.2 Å². The van der Waals surface area contributed by atoms with Crippen molar-refractivity contribution in [2.75, 3.05) is 18.4 Å². The number of phenols is 1. The molecule has 1 aliphatic heterocycles. The molecule has 0 aromatic heterocycles.